The predicted molar refractivity (Wildman–Crippen MR) is 111 cm³/mol. The van der Waals surface area contributed by atoms with Crippen LogP contribution in [0, 0.1) is 6.92 Å². The molecule has 8 heteroatoms. The zero-order valence-electron chi connectivity index (χ0n) is 16.1. The quantitative estimate of drug-likeness (QED) is 0.530. The SMILES string of the molecule is Cc1nn(-c2ccccc2)c2sc(C(=O)N(C)CC(=O)NCc3ccco3)cc12. The summed E-state index contributed by atoms with van der Waals surface area (Å²) in [5.41, 5.74) is 1.80. The average Bonchev–Trinajstić information content (AvgIpc) is 3.45. The number of likely N-dealkylation sites (N-methyl/N-ethyl adjacent to an activating group) is 1. The maximum absolute atomic E-state index is 12.8. The van der Waals surface area contributed by atoms with Gasteiger partial charge < -0.3 is 14.6 Å². The van der Waals surface area contributed by atoms with E-state index < -0.39 is 0 Å². The van der Waals surface area contributed by atoms with Gasteiger partial charge in [-0.2, -0.15) is 5.10 Å². The molecule has 29 heavy (non-hydrogen) atoms. The van der Waals surface area contributed by atoms with E-state index >= 15 is 0 Å². The molecule has 2 amide bonds. The van der Waals surface area contributed by atoms with Gasteiger partial charge in [0.05, 0.1) is 35.6 Å². The Morgan fingerprint density at radius 2 is 2.00 bits per heavy atom. The van der Waals surface area contributed by atoms with E-state index in [9.17, 15) is 9.59 Å². The third-order valence-electron chi connectivity index (χ3n) is 4.52. The second-order valence-corrected chi connectivity index (χ2v) is 7.71. The first-order valence-electron chi connectivity index (χ1n) is 9.12. The number of rotatable bonds is 6. The molecular weight excluding hydrogens is 388 g/mol. The Morgan fingerprint density at radius 1 is 1.21 bits per heavy atom. The zero-order chi connectivity index (χ0) is 20.4. The standard InChI is InChI=1S/C21H20N4O3S/c1-14-17-11-18(29-21(17)25(23-14)15-7-4-3-5-8-15)20(27)24(2)13-19(26)22-12-16-9-6-10-28-16/h3-11H,12-13H2,1-2H3,(H,22,26). The largest absolute Gasteiger partial charge is 0.467 e. The number of benzene rings is 1. The lowest BCUT2D eigenvalue weighted by Gasteiger charge is -2.15. The molecule has 0 aliphatic heterocycles. The topological polar surface area (TPSA) is 80.4 Å². The molecule has 0 fully saturated rings. The molecular formula is C21H20N4O3S. The van der Waals surface area contributed by atoms with E-state index in [2.05, 4.69) is 10.4 Å². The summed E-state index contributed by atoms with van der Waals surface area (Å²) in [5.74, 6) is 0.223. The Kier molecular flexibility index (Phi) is 5.18. The van der Waals surface area contributed by atoms with Crippen molar-refractivity contribution in [3.05, 3.63) is 71.1 Å². The Hall–Kier alpha value is -3.39. The lowest BCUT2D eigenvalue weighted by Crippen LogP contribution is -2.37. The number of amides is 2. The van der Waals surface area contributed by atoms with Crippen LogP contribution in [0.25, 0.3) is 15.9 Å². The summed E-state index contributed by atoms with van der Waals surface area (Å²) in [5, 5.41) is 8.28. The van der Waals surface area contributed by atoms with Crippen molar-refractivity contribution in [2.24, 2.45) is 0 Å². The number of hydrogen-bond donors (Lipinski definition) is 1. The minimum atomic E-state index is -0.245. The molecule has 0 aliphatic rings. The Labute approximate surface area is 171 Å². The molecule has 0 atom stereocenters. The molecule has 0 aliphatic carbocycles. The summed E-state index contributed by atoms with van der Waals surface area (Å²) in [6, 6.07) is 15.2. The van der Waals surface area contributed by atoms with Crippen molar-refractivity contribution in [1.82, 2.24) is 20.0 Å². The highest BCUT2D eigenvalue weighted by Gasteiger charge is 2.21. The highest BCUT2D eigenvalue weighted by Crippen LogP contribution is 2.30. The second-order valence-electron chi connectivity index (χ2n) is 6.68. The minimum absolute atomic E-state index is 0.0302. The first kappa shape index (κ1) is 18.9. The van der Waals surface area contributed by atoms with Crippen LogP contribution in [0.1, 0.15) is 21.1 Å². The smallest absolute Gasteiger partial charge is 0.264 e. The summed E-state index contributed by atoms with van der Waals surface area (Å²) < 4.78 is 7.04. The molecule has 1 aromatic carbocycles. The number of thiophene rings is 1. The van der Waals surface area contributed by atoms with E-state index in [1.54, 1.807) is 25.4 Å². The van der Waals surface area contributed by atoms with E-state index in [1.165, 1.54) is 16.2 Å². The van der Waals surface area contributed by atoms with Gasteiger partial charge in [-0.05, 0) is 37.3 Å². The molecule has 0 bridgehead atoms. The van der Waals surface area contributed by atoms with E-state index in [-0.39, 0.29) is 18.4 Å². The molecule has 4 aromatic rings. The Bertz CT molecular complexity index is 1150. The van der Waals surface area contributed by atoms with Crippen molar-refractivity contribution >= 4 is 33.4 Å². The van der Waals surface area contributed by atoms with Crippen LogP contribution in [0.5, 0.6) is 0 Å². The number of hydrogen-bond acceptors (Lipinski definition) is 5. The van der Waals surface area contributed by atoms with Crippen LogP contribution in [-0.2, 0) is 11.3 Å². The van der Waals surface area contributed by atoms with Crippen LogP contribution in [0.15, 0.2) is 59.2 Å². The molecule has 0 saturated heterocycles. The van der Waals surface area contributed by atoms with Gasteiger partial charge in [0.15, 0.2) is 0 Å². The molecule has 4 rings (SSSR count). The molecule has 3 aromatic heterocycles. The number of carbonyl (C=O) groups is 2. The van der Waals surface area contributed by atoms with Crippen LogP contribution >= 0.6 is 11.3 Å². The first-order valence-corrected chi connectivity index (χ1v) is 9.93. The monoisotopic (exact) mass is 408 g/mol. The van der Waals surface area contributed by atoms with Crippen molar-refractivity contribution < 1.29 is 14.0 Å². The maximum Gasteiger partial charge on any atom is 0.264 e. The van der Waals surface area contributed by atoms with Crippen LogP contribution in [0.3, 0.4) is 0 Å². The van der Waals surface area contributed by atoms with Crippen LogP contribution in [0.2, 0.25) is 0 Å². The van der Waals surface area contributed by atoms with E-state index in [0.29, 0.717) is 17.2 Å². The van der Waals surface area contributed by atoms with E-state index in [1.807, 2.05) is 48.0 Å². The third-order valence-corrected chi connectivity index (χ3v) is 5.62. The van der Waals surface area contributed by atoms with E-state index in [0.717, 1.165) is 21.6 Å². The normalized spacial score (nSPS) is 11.0. The molecule has 0 saturated carbocycles. The summed E-state index contributed by atoms with van der Waals surface area (Å²) in [7, 11) is 1.62. The van der Waals surface area contributed by atoms with Crippen LogP contribution in [-0.4, -0.2) is 40.1 Å². The van der Waals surface area contributed by atoms with Crippen molar-refractivity contribution in [1.29, 1.82) is 0 Å². The zero-order valence-corrected chi connectivity index (χ0v) is 16.9. The number of carbonyl (C=O) groups excluding carboxylic acids is 2. The fraction of sp³-hybridized carbons (Fsp3) is 0.190. The molecule has 3 heterocycles. The minimum Gasteiger partial charge on any atom is -0.467 e. The molecule has 0 unspecified atom stereocenters. The fourth-order valence-electron chi connectivity index (χ4n) is 3.03. The summed E-state index contributed by atoms with van der Waals surface area (Å²) in [6.45, 7) is 2.19. The molecule has 0 spiro atoms. The Balaban J connectivity index is 1.49. The van der Waals surface area contributed by atoms with Crippen molar-refractivity contribution in [3.63, 3.8) is 0 Å². The van der Waals surface area contributed by atoms with Crippen LogP contribution in [0.4, 0.5) is 0 Å². The lowest BCUT2D eigenvalue weighted by molar-refractivity contribution is -0.121. The summed E-state index contributed by atoms with van der Waals surface area (Å²) in [4.78, 5) is 27.9. The number of fused-ring (bicyclic) bond motifs is 1. The predicted octanol–water partition coefficient (Wildman–Crippen LogP) is 3.38. The maximum atomic E-state index is 12.8. The first-order chi connectivity index (χ1) is 14.0. The van der Waals surface area contributed by atoms with Gasteiger partial charge in [0.2, 0.25) is 5.91 Å². The van der Waals surface area contributed by atoms with Crippen LogP contribution < -0.4 is 5.32 Å². The average molecular weight is 408 g/mol. The number of para-hydroxylation sites is 1. The molecule has 1 N–H and O–H groups in total. The summed E-state index contributed by atoms with van der Waals surface area (Å²) in [6.07, 6.45) is 1.55. The molecule has 0 radical (unpaired) electrons. The van der Waals surface area contributed by atoms with Gasteiger partial charge in [0.25, 0.3) is 5.91 Å². The summed E-state index contributed by atoms with van der Waals surface area (Å²) >= 11 is 1.38. The fourth-order valence-corrected chi connectivity index (χ4v) is 4.20. The second kappa shape index (κ2) is 7.92. The van der Waals surface area contributed by atoms with Gasteiger partial charge in [-0.25, -0.2) is 4.68 Å². The van der Waals surface area contributed by atoms with Gasteiger partial charge in [-0.1, -0.05) is 18.2 Å². The van der Waals surface area contributed by atoms with E-state index in [4.69, 9.17) is 4.42 Å². The van der Waals surface area contributed by atoms with Gasteiger partial charge in [0.1, 0.15) is 10.6 Å². The number of aryl methyl sites for hydroxylation is 1. The van der Waals surface area contributed by atoms with Gasteiger partial charge in [-0.15, -0.1) is 11.3 Å². The van der Waals surface area contributed by atoms with Gasteiger partial charge in [0, 0.05) is 12.4 Å². The number of aromatic nitrogens is 2. The highest BCUT2D eigenvalue weighted by atomic mass is 32.1. The Morgan fingerprint density at radius 3 is 2.72 bits per heavy atom. The lowest BCUT2D eigenvalue weighted by atomic mass is 10.3. The third kappa shape index (κ3) is 3.93. The van der Waals surface area contributed by atoms with Crippen molar-refractivity contribution in [2.75, 3.05) is 13.6 Å². The van der Waals surface area contributed by atoms with Gasteiger partial charge >= 0.3 is 0 Å². The highest BCUT2D eigenvalue weighted by molar-refractivity contribution is 7.20. The van der Waals surface area contributed by atoms with Crippen molar-refractivity contribution in [3.8, 4) is 5.69 Å². The number of nitrogens with zero attached hydrogens (tertiary/aromatic N) is 3. The van der Waals surface area contributed by atoms with Gasteiger partial charge in [-0.3, -0.25) is 9.59 Å². The molecule has 148 valence electrons. The number of furan rings is 1. The number of nitrogens with one attached hydrogen (secondary N) is 1. The van der Waals surface area contributed by atoms with Crippen molar-refractivity contribution in [2.45, 2.75) is 13.5 Å². The molecule has 7 nitrogen and oxygen atoms in total.